The molecule has 5 nitrogen and oxygen atoms in total. The van der Waals surface area contributed by atoms with E-state index in [4.69, 9.17) is 0 Å². The van der Waals surface area contributed by atoms with E-state index >= 15 is 0 Å². The number of hydrogen-bond donors (Lipinski definition) is 1. The van der Waals surface area contributed by atoms with Gasteiger partial charge in [-0.25, -0.2) is 0 Å². The Hall–Kier alpha value is -3.73. The van der Waals surface area contributed by atoms with E-state index in [-0.39, 0.29) is 5.91 Å². The molecular weight excluding hydrogens is 420 g/mol. The first-order chi connectivity index (χ1) is 16.6. The maximum Gasteiger partial charge on any atom is 0.268 e. The van der Waals surface area contributed by atoms with Gasteiger partial charge in [-0.1, -0.05) is 49.9 Å². The molecule has 0 aliphatic carbocycles. The molecule has 2 aromatic rings. The fourth-order valence-corrected chi connectivity index (χ4v) is 4.33. The third-order valence-electron chi connectivity index (χ3n) is 6.49. The van der Waals surface area contributed by atoms with Gasteiger partial charge in [0, 0.05) is 56.0 Å². The predicted molar refractivity (Wildman–Crippen MR) is 141 cm³/mol. The van der Waals surface area contributed by atoms with Gasteiger partial charge in [-0.05, 0) is 60.9 Å². The average molecular weight is 455 g/mol. The molecule has 0 radical (unpaired) electrons. The first kappa shape index (κ1) is 23.4. The molecule has 0 aromatic heterocycles. The minimum atomic E-state index is -0.0819. The monoisotopic (exact) mass is 454 g/mol. The van der Waals surface area contributed by atoms with Crippen LogP contribution in [0.3, 0.4) is 0 Å². The first-order valence-electron chi connectivity index (χ1n) is 12.0. The Morgan fingerprint density at radius 3 is 2.12 bits per heavy atom. The molecule has 2 aliphatic heterocycles. The Morgan fingerprint density at radius 1 is 0.912 bits per heavy atom. The third kappa shape index (κ3) is 5.42. The zero-order valence-corrected chi connectivity index (χ0v) is 20.2. The summed E-state index contributed by atoms with van der Waals surface area (Å²) < 4.78 is 0. The highest BCUT2D eigenvalue weighted by Crippen LogP contribution is 2.23. The number of anilines is 2. The summed E-state index contributed by atoms with van der Waals surface area (Å²) in [6, 6.07) is 19.1. The van der Waals surface area contributed by atoms with Crippen LogP contribution in [0, 0.1) is 0 Å². The van der Waals surface area contributed by atoms with Crippen molar-refractivity contribution >= 4 is 17.3 Å². The Balaban J connectivity index is 1.34. The van der Waals surface area contributed by atoms with Gasteiger partial charge >= 0.3 is 0 Å². The number of nitrogens with one attached hydrogen (secondary N) is 1. The van der Waals surface area contributed by atoms with Gasteiger partial charge in [0.15, 0.2) is 0 Å². The minimum Gasteiger partial charge on any atom is -0.368 e. The van der Waals surface area contributed by atoms with Crippen LogP contribution in [0.5, 0.6) is 0 Å². The molecule has 2 aliphatic rings. The summed E-state index contributed by atoms with van der Waals surface area (Å²) in [6.45, 7) is 12.6. The topological polar surface area (TPSA) is 38.8 Å². The van der Waals surface area contributed by atoms with Crippen LogP contribution in [-0.2, 0) is 11.3 Å². The molecule has 5 heteroatoms. The highest BCUT2D eigenvalue weighted by molar-refractivity contribution is 5.94. The number of nitrogens with zero attached hydrogens (tertiary/aromatic N) is 3. The van der Waals surface area contributed by atoms with E-state index in [1.165, 1.54) is 11.4 Å². The van der Waals surface area contributed by atoms with Gasteiger partial charge in [0.1, 0.15) is 5.70 Å². The summed E-state index contributed by atoms with van der Waals surface area (Å²) >= 11 is 0. The predicted octanol–water partition coefficient (Wildman–Crippen LogP) is 5.21. The average Bonchev–Trinajstić information content (AvgIpc) is 2.89. The molecule has 1 amide bonds. The maximum atomic E-state index is 13.1. The van der Waals surface area contributed by atoms with Crippen LogP contribution in [0.1, 0.15) is 25.8 Å². The molecule has 1 saturated heterocycles. The standard InChI is InChI=1S/C29H34N4O/c1-4-23(2)28(33-17-9-8-10-24(33)3)29(34)30-22-25-13-15-27(16-14-25)32-20-18-31(19-21-32)26-11-6-5-7-12-26/h5-17H,3-4,18-22H2,1-2H3,(H,30,34)/b28-23+. The lowest BCUT2D eigenvalue weighted by Crippen LogP contribution is -2.46. The van der Waals surface area contributed by atoms with Crippen LogP contribution in [-0.4, -0.2) is 37.0 Å². The highest BCUT2D eigenvalue weighted by atomic mass is 16.2. The quantitative estimate of drug-likeness (QED) is 0.583. The molecule has 34 heavy (non-hydrogen) atoms. The summed E-state index contributed by atoms with van der Waals surface area (Å²) in [7, 11) is 0. The minimum absolute atomic E-state index is 0.0819. The molecule has 0 spiro atoms. The van der Waals surface area contributed by atoms with E-state index in [2.05, 4.69) is 83.2 Å². The second-order valence-corrected chi connectivity index (χ2v) is 8.70. The molecule has 2 heterocycles. The van der Waals surface area contributed by atoms with Gasteiger partial charge in [0.25, 0.3) is 5.91 Å². The molecule has 176 valence electrons. The van der Waals surface area contributed by atoms with Crippen LogP contribution in [0.25, 0.3) is 0 Å². The third-order valence-corrected chi connectivity index (χ3v) is 6.49. The Bertz CT molecular complexity index is 1090. The van der Waals surface area contributed by atoms with Crippen molar-refractivity contribution in [2.75, 3.05) is 36.0 Å². The molecule has 0 unspecified atom stereocenters. The van der Waals surface area contributed by atoms with Gasteiger partial charge < -0.3 is 20.0 Å². The Kier molecular flexibility index (Phi) is 7.53. The van der Waals surface area contributed by atoms with Crippen LogP contribution in [0.2, 0.25) is 0 Å². The van der Waals surface area contributed by atoms with Gasteiger partial charge in [0.05, 0.1) is 0 Å². The van der Waals surface area contributed by atoms with E-state index in [0.29, 0.717) is 12.2 Å². The van der Waals surface area contributed by atoms with E-state index in [1.807, 2.05) is 36.3 Å². The molecule has 0 saturated carbocycles. The van der Waals surface area contributed by atoms with E-state index in [0.717, 1.165) is 49.4 Å². The number of carbonyl (C=O) groups is 1. The molecule has 1 N–H and O–H groups in total. The van der Waals surface area contributed by atoms with Crippen molar-refractivity contribution in [2.45, 2.75) is 26.8 Å². The van der Waals surface area contributed by atoms with Crippen molar-refractivity contribution in [1.82, 2.24) is 10.2 Å². The second kappa shape index (κ2) is 10.9. The normalized spacial score (nSPS) is 16.5. The SMILES string of the molecule is C=C1C=CC=CN1/C(C(=O)NCc1ccc(N2CCN(c3ccccc3)CC2)cc1)=C(\C)CC. The van der Waals surface area contributed by atoms with Gasteiger partial charge in [-0.2, -0.15) is 0 Å². The number of amides is 1. The molecule has 0 bridgehead atoms. The molecule has 2 aromatic carbocycles. The number of rotatable bonds is 7. The second-order valence-electron chi connectivity index (χ2n) is 8.70. The number of carbonyl (C=O) groups excluding carboxylic acids is 1. The first-order valence-corrected chi connectivity index (χ1v) is 12.0. The summed E-state index contributed by atoms with van der Waals surface area (Å²) in [5, 5.41) is 3.10. The van der Waals surface area contributed by atoms with Crippen LogP contribution < -0.4 is 15.1 Å². The van der Waals surface area contributed by atoms with Crippen LogP contribution in [0.4, 0.5) is 11.4 Å². The van der Waals surface area contributed by atoms with Gasteiger partial charge in [-0.3, -0.25) is 4.79 Å². The number of allylic oxidation sites excluding steroid dienone is 4. The van der Waals surface area contributed by atoms with Crippen molar-refractivity contribution in [3.63, 3.8) is 0 Å². The highest BCUT2D eigenvalue weighted by Gasteiger charge is 2.21. The zero-order valence-electron chi connectivity index (χ0n) is 20.2. The largest absolute Gasteiger partial charge is 0.368 e. The van der Waals surface area contributed by atoms with Gasteiger partial charge in [-0.15, -0.1) is 0 Å². The summed E-state index contributed by atoms with van der Waals surface area (Å²) in [6.07, 6.45) is 8.45. The lowest BCUT2D eigenvalue weighted by molar-refractivity contribution is -0.118. The van der Waals surface area contributed by atoms with Crippen molar-refractivity contribution in [3.8, 4) is 0 Å². The van der Waals surface area contributed by atoms with Gasteiger partial charge in [0.2, 0.25) is 0 Å². The van der Waals surface area contributed by atoms with E-state index in [1.54, 1.807) is 0 Å². The molecular formula is C29H34N4O. The number of piperazine rings is 1. The summed E-state index contributed by atoms with van der Waals surface area (Å²) in [4.78, 5) is 19.8. The number of hydrogen-bond acceptors (Lipinski definition) is 4. The summed E-state index contributed by atoms with van der Waals surface area (Å²) in [5.74, 6) is -0.0819. The van der Waals surface area contributed by atoms with Crippen molar-refractivity contribution in [2.24, 2.45) is 0 Å². The Labute approximate surface area is 203 Å². The lowest BCUT2D eigenvalue weighted by Gasteiger charge is -2.37. The fraction of sp³-hybridized carbons (Fsp3) is 0.276. The Morgan fingerprint density at radius 2 is 1.53 bits per heavy atom. The lowest BCUT2D eigenvalue weighted by atomic mass is 10.1. The number of benzene rings is 2. The molecule has 0 atom stereocenters. The fourth-order valence-electron chi connectivity index (χ4n) is 4.33. The maximum absolute atomic E-state index is 13.1. The van der Waals surface area contributed by atoms with Crippen molar-refractivity contribution < 1.29 is 4.79 Å². The molecule has 1 fully saturated rings. The van der Waals surface area contributed by atoms with Crippen molar-refractivity contribution in [3.05, 3.63) is 108 Å². The zero-order chi connectivity index (χ0) is 23.9. The van der Waals surface area contributed by atoms with E-state index in [9.17, 15) is 4.79 Å². The molecule has 4 rings (SSSR count). The smallest absolute Gasteiger partial charge is 0.268 e. The summed E-state index contributed by atoms with van der Waals surface area (Å²) in [5.41, 5.74) is 6.08. The van der Waals surface area contributed by atoms with E-state index < -0.39 is 0 Å². The van der Waals surface area contributed by atoms with Crippen molar-refractivity contribution in [1.29, 1.82) is 0 Å². The number of para-hydroxylation sites is 1. The van der Waals surface area contributed by atoms with Crippen LogP contribution in [0.15, 0.2) is 103 Å². The van der Waals surface area contributed by atoms with Crippen LogP contribution >= 0.6 is 0 Å².